The lowest BCUT2D eigenvalue weighted by Crippen LogP contribution is -2.73. The summed E-state index contributed by atoms with van der Waals surface area (Å²) in [7, 11) is 1.54. The van der Waals surface area contributed by atoms with Crippen molar-refractivity contribution >= 4 is 23.5 Å². The zero-order valence-corrected chi connectivity index (χ0v) is 30.0. The average Bonchev–Trinajstić information content (AvgIpc) is 3.46. The standard InChI is InChI=1S/C39H43NO8S2/c1-38(2)47-34-33(40(41)42)32(37(49-30-20-12-6-13-21-30)50-31-22-14-7-15-23-31)35(45-27-43-3)39(36(34)48-38,46-25-29-18-10-5-11-19-29)26-44-24-28-16-8-4-9-17-28/h4-23,32-37H,24-27H2,1-3H3/t32-,33-,34+,35-,36+,39+/m1/s1. The summed E-state index contributed by atoms with van der Waals surface area (Å²) in [6.45, 7) is 3.94. The summed E-state index contributed by atoms with van der Waals surface area (Å²) in [6, 6.07) is 38.3. The van der Waals surface area contributed by atoms with Crippen molar-refractivity contribution in [1.82, 2.24) is 0 Å². The highest BCUT2D eigenvalue weighted by atomic mass is 32.2. The van der Waals surface area contributed by atoms with Crippen LogP contribution in [0.25, 0.3) is 0 Å². The van der Waals surface area contributed by atoms with Crippen LogP contribution in [0.1, 0.15) is 25.0 Å². The number of ether oxygens (including phenoxy) is 6. The van der Waals surface area contributed by atoms with Crippen LogP contribution < -0.4 is 0 Å². The van der Waals surface area contributed by atoms with Gasteiger partial charge in [-0.2, -0.15) is 0 Å². The number of hydrogen-bond acceptors (Lipinski definition) is 10. The van der Waals surface area contributed by atoms with Crippen LogP contribution in [0.2, 0.25) is 0 Å². The first-order valence-corrected chi connectivity index (χ1v) is 18.4. The summed E-state index contributed by atoms with van der Waals surface area (Å²) in [5, 5.41) is 13.4. The highest BCUT2D eigenvalue weighted by Gasteiger charge is 2.72. The van der Waals surface area contributed by atoms with Gasteiger partial charge in [-0.1, -0.05) is 97.1 Å². The fourth-order valence-electron chi connectivity index (χ4n) is 6.77. The van der Waals surface area contributed by atoms with Gasteiger partial charge in [-0.05, 0) is 49.2 Å². The Kier molecular flexibility index (Phi) is 12.3. The van der Waals surface area contributed by atoms with Gasteiger partial charge in [0.1, 0.15) is 24.6 Å². The molecular weight excluding hydrogens is 675 g/mol. The van der Waals surface area contributed by atoms with Gasteiger partial charge < -0.3 is 28.4 Å². The van der Waals surface area contributed by atoms with Crippen LogP contribution in [0.3, 0.4) is 0 Å². The Balaban J connectivity index is 1.51. The van der Waals surface area contributed by atoms with E-state index >= 15 is 0 Å². The summed E-state index contributed by atoms with van der Waals surface area (Å²) in [6.07, 6.45) is -2.80. The second kappa shape index (κ2) is 16.8. The predicted octanol–water partition coefficient (Wildman–Crippen LogP) is 7.85. The van der Waals surface area contributed by atoms with E-state index in [1.165, 1.54) is 7.11 Å². The second-order valence-electron chi connectivity index (χ2n) is 12.8. The van der Waals surface area contributed by atoms with E-state index < -0.39 is 46.2 Å². The molecule has 6 rings (SSSR count). The minimum Gasteiger partial charge on any atom is -0.374 e. The Hall–Kier alpha value is -3.26. The molecule has 6 atom stereocenters. The molecule has 0 amide bonds. The summed E-state index contributed by atoms with van der Waals surface area (Å²) in [4.78, 5) is 15.1. The third-order valence-corrected chi connectivity index (χ3v) is 11.6. The molecule has 264 valence electrons. The molecule has 4 aromatic rings. The number of nitro groups is 1. The van der Waals surface area contributed by atoms with E-state index in [9.17, 15) is 10.1 Å². The molecule has 4 aromatic carbocycles. The van der Waals surface area contributed by atoms with Crippen LogP contribution in [0.5, 0.6) is 0 Å². The van der Waals surface area contributed by atoms with Gasteiger partial charge in [0.2, 0.25) is 6.04 Å². The lowest BCUT2D eigenvalue weighted by molar-refractivity contribution is -0.556. The molecule has 0 bridgehead atoms. The Labute approximate surface area is 302 Å². The van der Waals surface area contributed by atoms with E-state index in [1.54, 1.807) is 37.4 Å². The maximum Gasteiger partial charge on any atom is 0.248 e. The molecule has 2 aliphatic rings. The largest absolute Gasteiger partial charge is 0.374 e. The number of fused-ring (bicyclic) bond motifs is 1. The van der Waals surface area contributed by atoms with Crippen LogP contribution >= 0.6 is 23.5 Å². The minimum atomic E-state index is -1.36. The molecule has 0 N–H and O–H groups in total. The fourth-order valence-corrected chi connectivity index (χ4v) is 9.72. The highest BCUT2D eigenvalue weighted by molar-refractivity contribution is 8.17. The van der Waals surface area contributed by atoms with Crippen molar-refractivity contribution in [2.45, 2.75) is 77.2 Å². The molecule has 50 heavy (non-hydrogen) atoms. The van der Waals surface area contributed by atoms with Gasteiger partial charge in [0.05, 0.1) is 30.3 Å². The van der Waals surface area contributed by atoms with E-state index in [0.717, 1.165) is 20.9 Å². The molecular formula is C39H43NO8S2. The zero-order valence-electron chi connectivity index (χ0n) is 28.4. The third kappa shape index (κ3) is 8.60. The Morgan fingerprint density at radius 2 is 1.30 bits per heavy atom. The van der Waals surface area contributed by atoms with Gasteiger partial charge in [-0.25, -0.2) is 0 Å². The van der Waals surface area contributed by atoms with Crippen molar-refractivity contribution in [3.05, 3.63) is 143 Å². The minimum absolute atomic E-state index is 0.0172. The molecule has 9 nitrogen and oxygen atoms in total. The fraction of sp³-hybridized carbons (Fsp3) is 0.385. The highest BCUT2D eigenvalue weighted by Crippen LogP contribution is 2.54. The van der Waals surface area contributed by atoms with Gasteiger partial charge in [0, 0.05) is 21.8 Å². The average molecular weight is 718 g/mol. The lowest BCUT2D eigenvalue weighted by Gasteiger charge is -2.52. The maximum atomic E-state index is 13.4. The molecule has 11 heteroatoms. The smallest absolute Gasteiger partial charge is 0.248 e. The van der Waals surface area contributed by atoms with E-state index in [0.29, 0.717) is 6.61 Å². The lowest BCUT2D eigenvalue weighted by atomic mass is 9.69. The van der Waals surface area contributed by atoms with Crippen molar-refractivity contribution < 1.29 is 33.3 Å². The number of hydrogen-bond donors (Lipinski definition) is 0. The molecule has 0 aromatic heterocycles. The Morgan fingerprint density at radius 1 is 0.780 bits per heavy atom. The van der Waals surface area contributed by atoms with Crippen molar-refractivity contribution in [2.24, 2.45) is 5.92 Å². The third-order valence-electron chi connectivity index (χ3n) is 8.88. The first kappa shape index (κ1) is 36.5. The van der Waals surface area contributed by atoms with Gasteiger partial charge in [-0.15, -0.1) is 23.5 Å². The number of methoxy groups -OCH3 is 1. The first-order chi connectivity index (χ1) is 24.3. The van der Waals surface area contributed by atoms with Crippen molar-refractivity contribution in [1.29, 1.82) is 0 Å². The molecule has 0 unspecified atom stereocenters. The molecule has 0 radical (unpaired) electrons. The van der Waals surface area contributed by atoms with Crippen LogP contribution in [0.15, 0.2) is 131 Å². The summed E-state index contributed by atoms with van der Waals surface area (Å²) < 4.78 is 38.5. The van der Waals surface area contributed by atoms with Gasteiger partial charge in [-0.3, -0.25) is 10.1 Å². The molecule has 1 saturated carbocycles. The number of thioether (sulfide) groups is 2. The number of benzene rings is 4. The topological polar surface area (TPSA) is 98.5 Å². The van der Waals surface area contributed by atoms with Crippen LogP contribution in [-0.2, 0) is 41.6 Å². The van der Waals surface area contributed by atoms with Gasteiger partial charge in [0.25, 0.3) is 0 Å². The summed E-state index contributed by atoms with van der Waals surface area (Å²) >= 11 is 3.13. The molecule has 1 heterocycles. The first-order valence-electron chi connectivity index (χ1n) is 16.6. The predicted molar refractivity (Wildman–Crippen MR) is 193 cm³/mol. The van der Waals surface area contributed by atoms with Crippen LogP contribution in [-0.4, -0.2) is 65.8 Å². The normalized spacial score (nSPS) is 25.7. The molecule has 1 aliphatic carbocycles. The number of nitrogens with zero attached hydrogens (tertiary/aromatic N) is 1. The zero-order chi connectivity index (χ0) is 35.0. The van der Waals surface area contributed by atoms with E-state index in [2.05, 4.69) is 0 Å². The SMILES string of the molecule is COCO[C@@H]1[C@H](C(Sc2ccccc2)Sc2ccccc2)[C@@H]([N+](=O)[O-])[C@@H]2OC(C)(C)O[C@@H]2[C@@]1(COCc1ccccc1)OCc1ccccc1. The van der Waals surface area contributed by atoms with E-state index in [1.807, 2.05) is 121 Å². The Morgan fingerprint density at radius 3 is 1.82 bits per heavy atom. The quantitative estimate of drug-likeness (QED) is 0.0493. The van der Waals surface area contributed by atoms with E-state index in [-0.39, 0.29) is 24.9 Å². The summed E-state index contributed by atoms with van der Waals surface area (Å²) in [5.41, 5.74) is 0.552. The maximum absolute atomic E-state index is 13.4. The molecule has 1 saturated heterocycles. The van der Waals surface area contributed by atoms with Crippen LogP contribution in [0.4, 0.5) is 0 Å². The van der Waals surface area contributed by atoms with Crippen LogP contribution in [0, 0.1) is 16.0 Å². The van der Waals surface area contributed by atoms with Crippen molar-refractivity contribution in [2.75, 3.05) is 20.5 Å². The monoisotopic (exact) mass is 717 g/mol. The summed E-state index contributed by atoms with van der Waals surface area (Å²) in [5.74, 6) is -1.91. The number of rotatable bonds is 16. The molecule has 2 fully saturated rings. The van der Waals surface area contributed by atoms with Crippen molar-refractivity contribution in [3.63, 3.8) is 0 Å². The molecule has 1 aliphatic heterocycles. The second-order valence-corrected chi connectivity index (χ2v) is 15.5. The van der Waals surface area contributed by atoms with Gasteiger partial charge in [0.15, 0.2) is 11.9 Å². The van der Waals surface area contributed by atoms with Gasteiger partial charge >= 0.3 is 0 Å². The van der Waals surface area contributed by atoms with E-state index in [4.69, 9.17) is 28.4 Å². The Bertz CT molecular complexity index is 1590. The molecule has 0 spiro atoms. The van der Waals surface area contributed by atoms with Crippen molar-refractivity contribution in [3.8, 4) is 0 Å².